The number of aromatic nitrogens is 2. The van der Waals surface area contributed by atoms with E-state index in [1.807, 2.05) is 0 Å². The maximum absolute atomic E-state index is 5.47. The smallest absolute Gasteiger partial charge is 0.178 e. The molecule has 3 rings (SSSR count). The van der Waals surface area contributed by atoms with Crippen LogP contribution >= 0.6 is 12.2 Å². The number of para-hydroxylation sites is 2. The van der Waals surface area contributed by atoms with Crippen molar-refractivity contribution in [3.63, 3.8) is 0 Å². The molecule has 1 aromatic heterocycles. The Morgan fingerprint density at radius 3 is 2.69 bits per heavy atom. The number of rotatable bonds is 1. The Morgan fingerprint density at radius 2 is 1.94 bits per heavy atom. The van der Waals surface area contributed by atoms with Gasteiger partial charge in [-0.2, -0.15) is 0 Å². The van der Waals surface area contributed by atoms with E-state index in [2.05, 4.69) is 40.7 Å². The van der Waals surface area contributed by atoms with Crippen LogP contribution in [0.25, 0.3) is 11.0 Å². The number of H-pyrrole nitrogens is 1. The van der Waals surface area contributed by atoms with Crippen molar-refractivity contribution >= 4 is 23.3 Å². The number of benzene rings is 1. The highest BCUT2D eigenvalue weighted by atomic mass is 32.1. The van der Waals surface area contributed by atoms with E-state index in [4.69, 9.17) is 12.2 Å². The van der Waals surface area contributed by atoms with Crippen molar-refractivity contribution in [1.82, 2.24) is 9.55 Å². The maximum atomic E-state index is 5.47. The predicted octanol–water partition coefficient (Wildman–Crippen LogP) is 3.99. The van der Waals surface area contributed by atoms with E-state index >= 15 is 0 Å². The van der Waals surface area contributed by atoms with Crippen LogP contribution in [0.4, 0.5) is 0 Å². The number of nitrogens with zero attached hydrogens (tertiary/aromatic N) is 1. The van der Waals surface area contributed by atoms with E-state index in [1.54, 1.807) is 0 Å². The zero-order valence-electron chi connectivity index (χ0n) is 9.49. The average Bonchev–Trinajstić information content (AvgIpc) is 2.81. The van der Waals surface area contributed by atoms with E-state index in [0.29, 0.717) is 0 Å². The van der Waals surface area contributed by atoms with Crippen LogP contribution in [0.3, 0.4) is 0 Å². The molecule has 0 amide bonds. The summed E-state index contributed by atoms with van der Waals surface area (Å²) in [5.74, 6) is 0. The standard InChI is InChI=1S/C13H16N2S/c1-13(8-4-5-9-13)15-11-7-3-2-6-10(11)14-12(15)16/h2-3,6-7H,4-5,8-9H2,1H3,(H,14,16). The first kappa shape index (κ1) is 10.1. The van der Waals surface area contributed by atoms with Gasteiger partial charge < -0.3 is 9.55 Å². The summed E-state index contributed by atoms with van der Waals surface area (Å²) in [5, 5.41) is 0. The van der Waals surface area contributed by atoms with Crippen molar-refractivity contribution in [2.75, 3.05) is 0 Å². The van der Waals surface area contributed by atoms with Crippen LogP contribution in [0.1, 0.15) is 32.6 Å². The van der Waals surface area contributed by atoms with E-state index in [-0.39, 0.29) is 5.54 Å². The number of imidazole rings is 1. The molecule has 1 aliphatic rings. The maximum Gasteiger partial charge on any atom is 0.178 e. The molecule has 0 saturated heterocycles. The van der Waals surface area contributed by atoms with E-state index in [1.165, 1.54) is 31.2 Å². The lowest BCUT2D eigenvalue weighted by Crippen LogP contribution is -2.26. The second-order valence-electron chi connectivity index (χ2n) is 4.99. The van der Waals surface area contributed by atoms with Gasteiger partial charge in [0.1, 0.15) is 0 Å². The van der Waals surface area contributed by atoms with Gasteiger partial charge in [-0.3, -0.25) is 0 Å². The molecule has 0 unspecified atom stereocenters. The lowest BCUT2D eigenvalue weighted by atomic mass is 10.0. The average molecular weight is 232 g/mol. The zero-order valence-corrected chi connectivity index (χ0v) is 10.3. The highest BCUT2D eigenvalue weighted by Crippen LogP contribution is 2.38. The number of fused-ring (bicyclic) bond motifs is 1. The normalized spacial score (nSPS) is 19.3. The molecule has 0 aliphatic heterocycles. The summed E-state index contributed by atoms with van der Waals surface area (Å²) in [7, 11) is 0. The van der Waals surface area contributed by atoms with Gasteiger partial charge in [0.2, 0.25) is 0 Å². The minimum Gasteiger partial charge on any atom is -0.331 e. The fourth-order valence-electron chi connectivity index (χ4n) is 2.95. The van der Waals surface area contributed by atoms with Crippen LogP contribution in [-0.2, 0) is 5.54 Å². The summed E-state index contributed by atoms with van der Waals surface area (Å²) in [6, 6.07) is 8.39. The molecule has 3 heteroatoms. The van der Waals surface area contributed by atoms with Gasteiger partial charge in [-0.05, 0) is 44.1 Å². The molecule has 1 fully saturated rings. The summed E-state index contributed by atoms with van der Waals surface area (Å²) < 4.78 is 3.19. The molecule has 2 aromatic rings. The molecule has 0 radical (unpaired) electrons. The van der Waals surface area contributed by atoms with Crippen LogP contribution in [0, 0.1) is 4.77 Å². The Hall–Kier alpha value is -1.09. The summed E-state index contributed by atoms with van der Waals surface area (Å²) in [6.07, 6.45) is 5.11. The highest BCUT2D eigenvalue weighted by molar-refractivity contribution is 7.71. The second-order valence-corrected chi connectivity index (χ2v) is 5.37. The Labute approximate surface area is 100 Å². The fraction of sp³-hybridized carbons (Fsp3) is 0.462. The SMILES string of the molecule is CC1(n2c(=S)[nH]c3ccccc32)CCCC1. The summed E-state index contributed by atoms with van der Waals surface area (Å²) in [4.78, 5) is 3.31. The molecule has 16 heavy (non-hydrogen) atoms. The molecule has 1 aliphatic carbocycles. The van der Waals surface area contributed by atoms with Gasteiger partial charge in [0.15, 0.2) is 4.77 Å². The Balaban J connectivity index is 2.30. The number of hydrogen-bond acceptors (Lipinski definition) is 1. The number of hydrogen-bond donors (Lipinski definition) is 1. The van der Waals surface area contributed by atoms with Crippen molar-refractivity contribution in [3.05, 3.63) is 29.0 Å². The molecule has 0 spiro atoms. The van der Waals surface area contributed by atoms with Gasteiger partial charge in [0.25, 0.3) is 0 Å². The van der Waals surface area contributed by atoms with Gasteiger partial charge in [-0.15, -0.1) is 0 Å². The van der Waals surface area contributed by atoms with E-state index in [0.717, 1.165) is 10.3 Å². The molecular formula is C13H16N2S. The molecule has 0 atom stereocenters. The first-order valence-corrected chi connectivity index (χ1v) is 6.32. The molecule has 84 valence electrons. The summed E-state index contributed by atoms with van der Waals surface area (Å²) in [6.45, 7) is 2.33. The molecular weight excluding hydrogens is 216 g/mol. The van der Waals surface area contributed by atoms with Crippen LogP contribution in [0.15, 0.2) is 24.3 Å². The fourth-order valence-corrected chi connectivity index (χ4v) is 3.38. The second kappa shape index (κ2) is 3.45. The van der Waals surface area contributed by atoms with Crippen LogP contribution in [0.2, 0.25) is 0 Å². The van der Waals surface area contributed by atoms with Gasteiger partial charge >= 0.3 is 0 Å². The minimum absolute atomic E-state index is 0.219. The number of nitrogens with one attached hydrogen (secondary N) is 1. The third-order valence-electron chi connectivity index (χ3n) is 3.81. The Morgan fingerprint density at radius 1 is 1.25 bits per heavy atom. The summed E-state index contributed by atoms with van der Waals surface area (Å²) >= 11 is 5.47. The van der Waals surface area contributed by atoms with Gasteiger partial charge in [-0.1, -0.05) is 25.0 Å². The highest BCUT2D eigenvalue weighted by Gasteiger charge is 2.32. The lowest BCUT2D eigenvalue weighted by molar-refractivity contribution is 0.335. The van der Waals surface area contributed by atoms with Crippen LogP contribution < -0.4 is 0 Å². The molecule has 1 saturated carbocycles. The largest absolute Gasteiger partial charge is 0.331 e. The first-order valence-electron chi connectivity index (χ1n) is 5.91. The van der Waals surface area contributed by atoms with Gasteiger partial charge in [0, 0.05) is 5.54 Å². The molecule has 1 aromatic carbocycles. The van der Waals surface area contributed by atoms with Crippen LogP contribution in [0.5, 0.6) is 0 Å². The third kappa shape index (κ3) is 1.34. The summed E-state index contributed by atoms with van der Waals surface area (Å²) in [5.41, 5.74) is 2.62. The van der Waals surface area contributed by atoms with Crippen molar-refractivity contribution < 1.29 is 0 Å². The molecule has 0 bridgehead atoms. The van der Waals surface area contributed by atoms with Gasteiger partial charge in [-0.25, -0.2) is 0 Å². The first-order chi connectivity index (χ1) is 7.71. The lowest BCUT2D eigenvalue weighted by Gasteiger charge is -2.26. The minimum atomic E-state index is 0.219. The van der Waals surface area contributed by atoms with Crippen molar-refractivity contribution in [2.45, 2.75) is 38.1 Å². The molecule has 1 heterocycles. The monoisotopic (exact) mass is 232 g/mol. The quantitative estimate of drug-likeness (QED) is 0.737. The zero-order chi connectivity index (χ0) is 11.2. The third-order valence-corrected chi connectivity index (χ3v) is 4.09. The Kier molecular flexibility index (Phi) is 2.18. The van der Waals surface area contributed by atoms with Crippen molar-refractivity contribution in [1.29, 1.82) is 0 Å². The number of aromatic amines is 1. The van der Waals surface area contributed by atoms with Crippen molar-refractivity contribution in [3.8, 4) is 0 Å². The van der Waals surface area contributed by atoms with Gasteiger partial charge in [0.05, 0.1) is 11.0 Å². The molecule has 1 N–H and O–H groups in total. The topological polar surface area (TPSA) is 20.7 Å². The van der Waals surface area contributed by atoms with E-state index < -0.39 is 0 Å². The van der Waals surface area contributed by atoms with E-state index in [9.17, 15) is 0 Å². The van der Waals surface area contributed by atoms with Crippen molar-refractivity contribution in [2.24, 2.45) is 0 Å². The van der Waals surface area contributed by atoms with Crippen LogP contribution in [-0.4, -0.2) is 9.55 Å². The predicted molar refractivity (Wildman–Crippen MR) is 69.2 cm³/mol. The Bertz CT molecular complexity index is 573. The molecule has 2 nitrogen and oxygen atoms in total.